The standard InChI is InChI=1S/C33H39ClN2O7S/c1-32(2)31(38)35-44(39,40)25-9-12-30-28(18-25)36(19-23-7-10-26(23)29(41-16-14-37)6-4-15-43-32)20-33(21-42-30)13-3-5-22-17-24(34)8-11-27(22)33/h4,6,8-9,11-12,14,17-18,23,26,29H,3,5,7,10,13,15-16,19-21H2,1-2H3,(H,35,38)/b6-4+/t23-,26+,29-,33-/m0/s1. The number of anilines is 1. The van der Waals surface area contributed by atoms with Crippen LogP contribution < -0.4 is 14.4 Å². The minimum atomic E-state index is -4.21. The molecule has 236 valence electrons. The van der Waals surface area contributed by atoms with Gasteiger partial charge in [-0.2, -0.15) is 0 Å². The Hall–Kier alpha value is -2.92. The van der Waals surface area contributed by atoms with Crippen LogP contribution in [0, 0.1) is 11.8 Å². The fourth-order valence-electron chi connectivity index (χ4n) is 7.09. The monoisotopic (exact) mass is 642 g/mol. The van der Waals surface area contributed by atoms with Crippen molar-refractivity contribution in [2.75, 3.05) is 37.8 Å². The van der Waals surface area contributed by atoms with Crippen LogP contribution in [0.2, 0.25) is 5.02 Å². The first-order valence-corrected chi connectivity index (χ1v) is 17.1. The molecule has 4 atom stereocenters. The number of aryl methyl sites for hydroxylation is 1. The van der Waals surface area contributed by atoms with E-state index in [0.29, 0.717) is 36.2 Å². The molecule has 1 spiro atoms. The lowest BCUT2D eigenvalue weighted by molar-refractivity contribution is -0.139. The number of amides is 1. The number of aldehydes is 1. The van der Waals surface area contributed by atoms with Crippen LogP contribution in [0.1, 0.15) is 50.7 Å². The molecule has 1 amide bonds. The Morgan fingerprint density at radius 3 is 2.80 bits per heavy atom. The SMILES string of the molecule is CC1(C)OC/C=C/[C@H](OCC=O)[C@@H]2CC[C@H]2CN2C[C@@]3(CCCc4cc(Cl)ccc43)COc3ccc(cc32)S(=O)(=O)NC1=O. The third kappa shape index (κ3) is 6.01. The van der Waals surface area contributed by atoms with Crippen LogP contribution in [0.5, 0.6) is 5.75 Å². The Labute approximate surface area is 263 Å². The van der Waals surface area contributed by atoms with Gasteiger partial charge < -0.3 is 23.9 Å². The predicted molar refractivity (Wildman–Crippen MR) is 167 cm³/mol. The molecule has 1 saturated carbocycles. The maximum atomic E-state index is 13.5. The molecule has 2 aromatic rings. The van der Waals surface area contributed by atoms with E-state index >= 15 is 0 Å². The molecule has 0 saturated heterocycles. The second-order valence-corrected chi connectivity index (χ2v) is 15.0. The highest BCUT2D eigenvalue weighted by molar-refractivity contribution is 7.90. The van der Waals surface area contributed by atoms with Crippen LogP contribution in [-0.4, -0.2) is 65.2 Å². The summed E-state index contributed by atoms with van der Waals surface area (Å²) in [7, 11) is -4.21. The average molecular weight is 643 g/mol. The number of carbonyl (C=O) groups excluding carboxylic acids is 2. The first-order valence-electron chi connectivity index (χ1n) is 15.3. The lowest BCUT2D eigenvalue weighted by atomic mass is 9.68. The normalized spacial score (nSPS) is 30.0. The summed E-state index contributed by atoms with van der Waals surface area (Å²) in [6, 6.07) is 10.9. The van der Waals surface area contributed by atoms with E-state index in [-0.39, 0.29) is 41.5 Å². The number of nitrogens with zero attached hydrogens (tertiary/aromatic N) is 1. The first kappa shape index (κ1) is 31.1. The molecule has 2 aromatic carbocycles. The second-order valence-electron chi connectivity index (χ2n) is 12.9. The molecule has 1 fully saturated rings. The number of hydrogen-bond acceptors (Lipinski definition) is 8. The van der Waals surface area contributed by atoms with Crippen molar-refractivity contribution in [2.24, 2.45) is 11.8 Å². The zero-order chi connectivity index (χ0) is 31.1. The van der Waals surface area contributed by atoms with Gasteiger partial charge in [-0.05, 0) is 99.2 Å². The van der Waals surface area contributed by atoms with Gasteiger partial charge in [0.05, 0.1) is 29.9 Å². The first-order chi connectivity index (χ1) is 21.0. The van der Waals surface area contributed by atoms with Crippen LogP contribution in [0.15, 0.2) is 53.4 Å². The Morgan fingerprint density at radius 2 is 2.02 bits per heavy atom. The summed E-state index contributed by atoms with van der Waals surface area (Å²) in [4.78, 5) is 26.6. The third-order valence-corrected chi connectivity index (χ3v) is 11.2. The third-order valence-electron chi connectivity index (χ3n) is 9.67. The van der Waals surface area contributed by atoms with Gasteiger partial charge >= 0.3 is 0 Å². The van der Waals surface area contributed by atoms with E-state index in [1.54, 1.807) is 18.2 Å². The number of nitrogens with one attached hydrogen (secondary N) is 1. The fourth-order valence-corrected chi connectivity index (χ4v) is 8.40. The van der Waals surface area contributed by atoms with Gasteiger partial charge in [0.2, 0.25) is 0 Å². The van der Waals surface area contributed by atoms with Crippen molar-refractivity contribution in [3.05, 3.63) is 64.7 Å². The largest absolute Gasteiger partial charge is 0.490 e. The van der Waals surface area contributed by atoms with Gasteiger partial charge in [0, 0.05) is 23.5 Å². The van der Waals surface area contributed by atoms with Gasteiger partial charge in [0.15, 0.2) is 0 Å². The van der Waals surface area contributed by atoms with Crippen LogP contribution >= 0.6 is 11.6 Å². The summed E-state index contributed by atoms with van der Waals surface area (Å²) in [5.74, 6) is 0.217. The molecule has 4 aliphatic rings. The highest BCUT2D eigenvalue weighted by Gasteiger charge is 2.45. The van der Waals surface area contributed by atoms with Gasteiger partial charge in [-0.25, -0.2) is 13.1 Å². The van der Waals surface area contributed by atoms with Crippen LogP contribution in [-0.2, 0) is 40.9 Å². The molecular formula is C33H39ClN2O7S. The molecule has 9 nitrogen and oxygen atoms in total. The molecule has 0 radical (unpaired) electrons. The quantitative estimate of drug-likeness (QED) is 0.382. The van der Waals surface area contributed by atoms with Crippen LogP contribution in [0.4, 0.5) is 5.69 Å². The topological polar surface area (TPSA) is 111 Å². The highest BCUT2D eigenvalue weighted by Crippen LogP contribution is 2.47. The molecule has 0 unspecified atom stereocenters. The van der Waals surface area contributed by atoms with Crippen molar-refractivity contribution < 1.29 is 32.2 Å². The summed E-state index contributed by atoms with van der Waals surface area (Å²) in [6.07, 6.45) is 8.90. The molecule has 2 aliphatic heterocycles. The molecule has 1 N–H and O–H groups in total. The zero-order valence-electron chi connectivity index (χ0n) is 25.1. The van der Waals surface area contributed by atoms with Gasteiger partial charge in [-0.15, -0.1) is 0 Å². The molecular weight excluding hydrogens is 604 g/mol. The molecule has 0 aromatic heterocycles. The van der Waals surface area contributed by atoms with E-state index in [1.165, 1.54) is 31.0 Å². The summed E-state index contributed by atoms with van der Waals surface area (Å²) >= 11 is 6.39. The maximum Gasteiger partial charge on any atom is 0.265 e. The average Bonchev–Trinajstić information content (AvgIpc) is 3.12. The van der Waals surface area contributed by atoms with Crippen molar-refractivity contribution in [3.8, 4) is 5.75 Å². The lowest BCUT2D eigenvalue weighted by Crippen LogP contribution is -2.50. The minimum absolute atomic E-state index is 0.0168. The van der Waals surface area contributed by atoms with Gasteiger partial charge in [-0.1, -0.05) is 29.8 Å². The summed E-state index contributed by atoms with van der Waals surface area (Å²) in [5.41, 5.74) is 1.37. The highest BCUT2D eigenvalue weighted by atomic mass is 35.5. The predicted octanol–water partition coefficient (Wildman–Crippen LogP) is 4.59. The molecule has 6 rings (SSSR count). The number of halogens is 1. The van der Waals surface area contributed by atoms with E-state index in [0.717, 1.165) is 38.4 Å². The summed E-state index contributed by atoms with van der Waals surface area (Å²) in [5, 5.41) is 0.709. The Morgan fingerprint density at radius 1 is 1.18 bits per heavy atom. The van der Waals surface area contributed by atoms with Gasteiger partial charge in [0.25, 0.3) is 15.9 Å². The molecule has 11 heteroatoms. The van der Waals surface area contributed by atoms with Crippen molar-refractivity contribution in [1.82, 2.24) is 4.72 Å². The smallest absolute Gasteiger partial charge is 0.265 e. The number of ether oxygens (including phenoxy) is 3. The molecule has 2 bridgehead atoms. The fraction of sp³-hybridized carbons (Fsp3) is 0.515. The molecule has 2 heterocycles. The van der Waals surface area contributed by atoms with Gasteiger partial charge in [0.1, 0.15) is 24.2 Å². The summed E-state index contributed by atoms with van der Waals surface area (Å²) in [6.45, 7) is 4.84. The van der Waals surface area contributed by atoms with Crippen LogP contribution in [0.3, 0.4) is 0 Å². The second kappa shape index (κ2) is 12.1. The number of benzene rings is 2. The van der Waals surface area contributed by atoms with Gasteiger partial charge in [-0.3, -0.25) is 4.79 Å². The summed E-state index contributed by atoms with van der Waals surface area (Å²) < 4.78 is 47.5. The lowest BCUT2D eigenvalue weighted by Gasteiger charge is -2.46. The van der Waals surface area contributed by atoms with E-state index in [2.05, 4.69) is 15.7 Å². The Kier molecular flexibility index (Phi) is 8.56. The van der Waals surface area contributed by atoms with Crippen molar-refractivity contribution in [2.45, 2.75) is 68.0 Å². The van der Waals surface area contributed by atoms with Crippen molar-refractivity contribution >= 4 is 39.5 Å². The molecule has 44 heavy (non-hydrogen) atoms. The number of hydrogen-bond donors (Lipinski definition) is 1. The van der Waals surface area contributed by atoms with E-state index in [9.17, 15) is 18.0 Å². The van der Waals surface area contributed by atoms with E-state index in [4.69, 9.17) is 25.8 Å². The maximum absolute atomic E-state index is 13.5. The zero-order valence-corrected chi connectivity index (χ0v) is 26.7. The van der Waals surface area contributed by atoms with E-state index < -0.39 is 21.5 Å². The Bertz CT molecular complexity index is 1580. The van der Waals surface area contributed by atoms with Crippen molar-refractivity contribution in [3.63, 3.8) is 0 Å². The minimum Gasteiger partial charge on any atom is -0.490 e. The Balaban J connectivity index is 1.44. The number of carbonyl (C=O) groups is 2. The van der Waals surface area contributed by atoms with E-state index in [1.807, 2.05) is 18.2 Å². The number of fused-ring (bicyclic) bond motifs is 4. The molecule has 2 aliphatic carbocycles. The van der Waals surface area contributed by atoms with Crippen LogP contribution in [0.25, 0.3) is 0 Å². The van der Waals surface area contributed by atoms with Crippen molar-refractivity contribution in [1.29, 1.82) is 0 Å². The number of sulfonamides is 1. The number of rotatable bonds is 3.